The largest absolute Gasteiger partial charge is 0.493 e. The number of likely N-dealkylation sites (tertiary alicyclic amines) is 2. The van der Waals surface area contributed by atoms with Gasteiger partial charge in [0.15, 0.2) is 5.78 Å². The third-order valence-corrected chi connectivity index (χ3v) is 9.55. The molecule has 6 rings (SSSR count). The van der Waals surface area contributed by atoms with Crippen LogP contribution in [0.3, 0.4) is 0 Å². The fourth-order valence-corrected chi connectivity index (χ4v) is 7.08. The average Bonchev–Trinajstić information content (AvgIpc) is 3.25. The molecule has 2 aliphatic carbocycles. The van der Waals surface area contributed by atoms with Crippen LogP contribution in [0.5, 0.6) is 5.75 Å². The summed E-state index contributed by atoms with van der Waals surface area (Å²) in [7, 11) is 0. The van der Waals surface area contributed by atoms with Crippen molar-refractivity contribution in [2.75, 3.05) is 32.8 Å². The Morgan fingerprint density at radius 3 is 2.45 bits per heavy atom. The quantitative estimate of drug-likeness (QED) is 0.390. The van der Waals surface area contributed by atoms with Crippen LogP contribution >= 0.6 is 15.9 Å². The van der Waals surface area contributed by atoms with Crippen LogP contribution in [0.25, 0.3) is 5.57 Å². The van der Waals surface area contributed by atoms with Gasteiger partial charge in [0, 0.05) is 40.2 Å². The highest BCUT2D eigenvalue weighted by atomic mass is 79.9. The van der Waals surface area contributed by atoms with Crippen LogP contribution in [-0.4, -0.2) is 66.1 Å². The summed E-state index contributed by atoms with van der Waals surface area (Å²) in [6, 6.07) is 12.7. The number of amides is 1. The number of halogens is 1. The minimum Gasteiger partial charge on any atom is -0.493 e. The Labute approximate surface area is 245 Å². The maximum Gasteiger partial charge on any atom is 0.410 e. The molecule has 7 heteroatoms. The van der Waals surface area contributed by atoms with Crippen molar-refractivity contribution in [3.8, 4) is 5.75 Å². The fourth-order valence-electron chi connectivity index (χ4n) is 6.67. The third kappa shape index (κ3) is 5.00. The predicted octanol–water partition coefficient (Wildman–Crippen LogP) is 6.64. The average molecular weight is 608 g/mol. The summed E-state index contributed by atoms with van der Waals surface area (Å²) >= 11 is 3.59. The second kappa shape index (κ2) is 10.0. The van der Waals surface area contributed by atoms with Gasteiger partial charge in [-0.2, -0.15) is 0 Å². The van der Waals surface area contributed by atoms with E-state index in [0.29, 0.717) is 18.6 Å². The summed E-state index contributed by atoms with van der Waals surface area (Å²) in [5, 5.41) is 0. The molecule has 0 saturated carbocycles. The van der Waals surface area contributed by atoms with Crippen molar-refractivity contribution in [1.29, 1.82) is 0 Å². The van der Waals surface area contributed by atoms with Crippen LogP contribution in [0.1, 0.15) is 74.5 Å². The maximum atomic E-state index is 13.6. The normalized spacial score (nSPS) is 21.1. The first-order valence-electron chi connectivity index (χ1n) is 14.5. The minimum atomic E-state index is -0.454. The summed E-state index contributed by atoms with van der Waals surface area (Å²) in [5.74, 6) is 1.47. The van der Waals surface area contributed by atoms with Gasteiger partial charge >= 0.3 is 6.09 Å². The molecule has 2 aromatic carbocycles. The zero-order valence-corrected chi connectivity index (χ0v) is 25.8. The molecular weight excluding hydrogens is 568 g/mol. The number of carbonyl (C=O) groups is 2. The van der Waals surface area contributed by atoms with Crippen molar-refractivity contribution in [2.45, 2.75) is 70.9 Å². The van der Waals surface area contributed by atoms with Crippen LogP contribution in [0.2, 0.25) is 0 Å². The van der Waals surface area contributed by atoms with Crippen LogP contribution in [-0.2, 0) is 16.6 Å². The smallest absolute Gasteiger partial charge is 0.410 e. The molecule has 2 aliphatic heterocycles. The van der Waals surface area contributed by atoms with Gasteiger partial charge in [0.2, 0.25) is 0 Å². The van der Waals surface area contributed by atoms with Gasteiger partial charge in [0.25, 0.3) is 0 Å². The molecule has 0 N–H and O–H groups in total. The SMILES string of the molecule is CC(C)(C)OC(=O)N1CC(N2CCC(COc3ccc4c(c3)C(C)(C)C3=C(C4=O)c4ccc(Br)cc4C3)CC2)C1. The van der Waals surface area contributed by atoms with Gasteiger partial charge in [-0.1, -0.05) is 35.8 Å². The van der Waals surface area contributed by atoms with E-state index in [1.54, 1.807) is 4.90 Å². The Kier molecular flexibility index (Phi) is 6.89. The molecule has 40 heavy (non-hydrogen) atoms. The number of hydrogen-bond acceptors (Lipinski definition) is 5. The molecule has 0 aromatic heterocycles. The van der Waals surface area contributed by atoms with Crippen molar-refractivity contribution in [1.82, 2.24) is 9.80 Å². The van der Waals surface area contributed by atoms with Crippen molar-refractivity contribution < 1.29 is 19.1 Å². The van der Waals surface area contributed by atoms with E-state index in [2.05, 4.69) is 52.9 Å². The molecule has 0 atom stereocenters. The lowest BCUT2D eigenvalue weighted by Crippen LogP contribution is -2.62. The lowest BCUT2D eigenvalue weighted by atomic mass is 9.68. The lowest BCUT2D eigenvalue weighted by Gasteiger charge is -2.47. The molecule has 2 saturated heterocycles. The molecule has 1 amide bonds. The lowest BCUT2D eigenvalue weighted by molar-refractivity contribution is -0.0229. The van der Waals surface area contributed by atoms with Crippen LogP contribution in [0.15, 0.2) is 46.4 Å². The topological polar surface area (TPSA) is 59.1 Å². The van der Waals surface area contributed by atoms with E-state index in [1.165, 1.54) is 11.1 Å². The molecular formula is C33H39BrN2O4. The molecule has 4 aliphatic rings. The van der Waals surface area contributed by atoms with Crippen LogP contribution in [0.4, 0.5) is 4.79 Å². The highest BCUT2D eigenvalue weighted by Crippen LogP contribution is 2.50. The third-order valence-electron chi connectivity index (χ3n) is 9.06. The van der Waals surface area contributed by atoms with Gasteiger partial charge in [-0.25, -0.2) is 4.79 Å². The fraction of sp³-hybridized carbons (Fsp3) is 0.515. The van der Waals surface area contributed by atoms with Gasteiger partial charge in [0.05, 0.1) is 6.61 Å². The Bertz CT molecular complexity index is 1390. The molecule has 6 nitrogen and oxygen atoms in total. The van der Waals surface area contributed by atoms with Crippen LogP contribution in [0, 0.1) is 5.92 Å². The molecule has 0 radical (unpaired) electrons. The van der Waals surface area contributed by atoms with E-state index in [-0.39, 0.29) is 17.3 Å². The summed E-state index contributed by atoms with van der Waals surface area (Å²) in [4.78, 5) is 30.2. The molecule has 0 bridgehead atoms. The van der Waals surface area contributed by atoms with Gasteiger partial charge < -0.3 is 14.4 Å². The second-order valence-corrected chi connectivity index (χ2v) is 14.2. The number of allylic oxidation sites excluding steroid dienone is 2. The van der Waals surface area contributed by atoms with Gasteiger partial charge in [-0.3, -0.25) is 9.69 Å². The van der Waals surface area contributed by atoms with Gasteiger partial charge in [0.1, 0.15) is 11.4 Å². The Morgan fingerprint density at radius 1 is 1.05 bits per heavy atom. The number of rotatable bonds is 4. The van der Waals surface area contributed by atoms with Crippen molar-refractivity contribution >= 4 is 33.4 Å². The number of fused-ring (bicyclic) bond motifs is 3. The molecule has 0 unspecified atom stereocenters. The van der Waals surface area contributed by atoms with E-state index in [1.807, 2.05) is 39.0 Å². The van der Waals surface area contributed by atoms with Crippen LogP contribution < -0.4 is 4.74 Å². The van der Waals surface area contributed by atoms with E-state index in [9.17, 15) is 9.59 Å². The number of ketones is 1. The Morgan fingerprint density at radius 2 is 1.75 bits per heavy atom. The summed E-state index contributed by atoms with van der Waals surface area (Å²) < 4.78 is 12.9. The summed E-state index contributed by atoms with van der Waals surface area (Å²) in [5.41, 5.74) is 5.55. The van der Waals surface area contributed by atoms with Gasteiger partial charge in [-0.05, 0) is 112 Å². The van der Waals surface area contributed by atoms with E-state index in [4.69, 9.17) is 9.47 Å². The first kappa shape index (κ1) is 27.5. The Balaban J connectivity index is 1.05. The second-order valence-electron chi connectivity index (χ2n) is 13.3. The minimum absolute atomic E-state index is 0.130. The molecule has 0 spiro atoms. The molecule has 2 aromatic rings. The molecule has 2 heterocycles. The molecule has 212 valence electrons. The zero-order chi connectivity index (χ0) is 28.4. The van der Waals surface area contributed by atoms with E-state index < -0.39 is 5.60 Å². The number of hydrogen-bond donors (Lipinski definition) is 0. The zero-order valence-electron chi connectivity index (χ0n) is 24.2. The first-order chi connectivity index (χ1) is 18.9. The highest BCUT2D eigenvalue weighted by Gasteiger charge is 2.43. The monoisotopic (exact) mass is 606 g/mol. The van der Waals surface area contributed by atoms with Crippen molar-refractivity contribution in [2.24, 2.45) is 5.92 Å². The number of benzene rings is 2. The number of ether oxygens (including phenoxy) is 2. The van der Waals surface area contributed by atoms with E-state index in [0.717, 1.165) is 77.9 Å². The highest BCUT2D eigenvalue weighted by molar-refractivity contribution is 9.10. The first-order valence-corrected chi connectivity index (χ1v) is 15.3. The number of carbonyl (C=O) groups excluding carboxylic acids is 2. The number of nitrogens with zero attached hydrogens (tertiary/aromatic N) is 2. The van der Waals surface area contributed by atoms with Crippen molar-refractivity contribution in [3.63, 3.8) is 0 Å². The Hall–Kier alpha value is -2.64. The predicted molar refractivity (Wildman–Crippen MR) is 160 cm³/mol. The maximum absolute atomic E-state index is 13.6. The van der Waals surface area contributed by atoms with E-state index >= 15 is 0 Å². The van der Waals surface area contributed by atoms with Crippen molar-refractivity contribution in [3.05, 3.63) is 68.7 Å². The number of Topliss-reactive ketones (excluding diaryl/α,β-unsaturated/α-hetero) is 1. The standard InChI is InChI=1S/C33H39BrN2O4/c1-32(2,3)40-31(38)36-17-23(18-36)35-12-10-20(11-13-35)19-39-24-7-9-26-27(16-24)33(4,5)28-15-21-14-22(34)6-8-25(21)29(28)30(26)37/h6-9,14,16,20,23H,10-13,15,17-19H2,1-5H3. The summed E-state index contributed by atoms with van der Waals surface area (Å²) in [6.45, 7) is 14.4. The molecule has 2 fully saturated rings. The number of piperidine rings is 1. The summed E-state index contributed by atoms with van der Waals surface area (Å²) in [6.07, 6.45) is 2.77. The van der Waals surface area contributed by atoms with Gasteiger partial charge in [-0.15, -0.1) is 0 Å².